The van der Waals surface area contributed by atoms with E-state index in [2.05, 4.69) is 36.2 Å². The summed E-state index contributed by atoms with van der Waals surface area (Å²) >= 11 is 3.48. The fourth-order valence-corrected chi connectivity index (χ4v) is 3.37. The molecule has 7 heteroatoms. The van der Waals surface area contributed by atoms with Crippen molar-refractivity contribution in [2.75, 3.05) is 6.54 Å². The first-order valence-electron chi connectivity index (χ1n) is 8.96. The second kappa shape index (κ2) is 8.31. The second-order valence-electron chi connectivity index (χ2n) is 6.34. The number of carbonyl (C=O) groups excluding carboxylic acids is 1. The van der Waals surface area contributed by atoms with Crippen molar-refractivity contribution >= 4 is 32.7 Å². The molecule has 0 aliphatic carbocycles. The van der Waals surface area contributed by atoms with Gasteiger partial charge in [0.05, 0.1) is 28.8 Å². The molecule has 0 unspecified atom stereocenters. The maximum absolute atomic E-state index is 12.9. The van der Waals surface area contributed by atoms with Gasteiger partial charge in [-0.3, -0.25) is 9.78 Å². The van der Waals surface area contributed by atoms with E-state index in [0.29, 0.717) is 17.8 Å². The number of carbonyl (C=O) groups is 1. The maximum atomic E-state index is 12.9. The third kappa shape index (κ3) is 4.09. The quantitative estimate of drug-likeness (QED) is 0.463. The van der Waals surface area contributed by atoms with Crippen molar-refractivity contribution in [3.05, 3.63) is 77.4 Å². The van der Waals surface area contributed by atoms with Gasteiger partial charge in [0.1, 0.15) is 0 Å². The van der Waals surface area contributed by atoms with Crippen molar-refractivity contribution in [3.8, 4) is 11.4 Å². The molecule has 0 saturated heterocycles. The molecule has 1 amide bonds. The van der Waals surface area contributed by atoms with E-state index >= 15 is 0 Å². The lowest BCUT2D eigenvalue weighted by Gasteiger charge is -2.11. The fraction of sp³-hybridized carbons (Fsp3) is 0.143. The Labute approximate surface area is 170 Å². The van der Waals surface area contributed by atoms with Crippen molar-refractivity contribution in [2.24, 2.45) is 0 Å². The second-order valence-corrected chi connectivity index (χ2v) is 7.26. The Hall–Kier alpha value is -3.06. The number of hydrogen-bond acceptors (Lipinski definition) is 4. The summed E-state index contributed by atoms with van der Waals surface area (Å²) in [6.07, 6.45) is 7.98. The molecule has 0 saturated carbocycles. The number of pyridine rings is 2. The van der Waals surface area contributed by atoms with E-state index in [1.165, 1.54) is 0 Å². The van der Waals surface area contributed by atoms with Gasteiger partial charge >= 0.3 is 0 Å². The third-order valence-corrected chi connectivity index (χ3v) is 4.87. The summed E-state index contributed by atoms with van der Waals surface area (Å²) in [5.74, 6) is -0.117. The van der Waals surface area contributed by atoms with Crippen LogP contribution in [0.4, 0.5) is 0 Å². The maximum Gasteiger partial charge on any atom is 0.252 e. The molecule has 0 atom stereocenters. The van der Waals surface area contributed by atoms with Crippen LogP contribution in [0.25, 0.3) is 22.3 Å². The summed E-state index contributed by atoms with van der Waals surface area (Å²) in [6, 6.07) is 13.2. The number of nitrogens with one attached hydrogen (secondary N) is 1. The lowest BCUT2D eigenvalue weighted by molar-refractivity contribution is 0.0954. The SMILES string of the molecule is O=C(NCCCn1ccnc1)c1cc(-c2ccccn2)nc2ccc(Br)cc12. The third-order valence-electron chi connectivity index (χ3n) is 4.38. The topological polar surface area (TPSA) is 72.7 Å². The summed E-state index contributed by atoms with van der Waals surface area (Å²) in [5, 5.41) is 3.82. The summed E-state index contributed by atoms with van der Waals surface area (Å²) in [5.41, 5.74) is 2.77. The predicted octanol–water partition coefficient (Wildman–Crippen LogP) is 4.08. The van der Waals surface area contributed by atoms with Crippen LogP contribution in [-0.2, 0) is 6.54 Å². The minimum absolute atomic E-state index is 0.117. The zero-order valence-corrected chi connectivity index (χ0v) is 16.6. The van der Waals surface area contributed by atoms with Crippen LogP contribution in [0.15, 0.2) is 71.9 Å². The van der Waals surface area contributed by atoms with Gasteiger partial charge in [-0.15, -0.1) is 0 Å². The minimum Gasteiger partial charge on any atom is -0.352 e. The molecule has 0 spiro atoms. The van der Waals surface area contributed by atoms with E-state index in [1.807, 2.05) is 53.2 Å². The fourth-order valence-electron chi connectivity index (χ4n) is 3.01. The molecular weight excluding hydrogens is 418 g/mol. The zero-order valence-electron chi connectivity index (χ0n) is 15.0. The van der Waals surface area contributed by atoms with Gasteiger partial charge < -0.3 is 9.88 Å². The molecule has 4 rings (SSSR count). The van der Waals surface area contributed by atoms with E-state index in [9.17, 15) is 4.79 Å². The van der Waals surface area contributed by atoms with E-state index < -0.39 is 0 Å². The number of hydrogen-bond donors (Lipinski definition) is 1. The highest BCUT2D eigenvalue weighted by Crippen LogP contribution is 2.26. The van der Waals surface area contributed by atoms with Crippen LogP contribution in [0.5, 0.6) is 0 Å². The number of aryl methyl sites for hydroxylation is 1. The van der Waals surface area contributed by atoms with Gasteiger partial charge in [0.25, 0.3) is 5.91 Å². The number of fused-ring (bicyclic) bond motifs is 1. The summed E-state index contributed by atoms with van der Waals surface area (Å²) in [6.45, 7) is 1.38. The van der Waals surface area contributed by atoms with Crippen molar-refractivity contribution < 1.29 is 4.79 Å². The smallest absolute Gasteiger partial charge is 0.252 e. The average molecular weight is 436 g/mol. The highest BCUT2D eigenvalue weighted by atomic mass is 79.9. The Kier molecular flexibility index (Phi) is 5.43. The molecule has 1 N–H and O–H groups in total. The van der Waals surface area contributed by atoms with E-state index in [1.54, 1.807) is 18.7 Å². The monoisotopic (exact) mass is 435 g/mol. The van der Waals surface area contributed by atoms with Gasteiger partial charge in [0.15, 0.2) is 0 Å². The molecule has 3 heterocycles. The summed E-state index contributed by atoms with van der Waals surface area (Å²) in [4.78, 5) is 26.0. The molecule has 28 heavy (non-hydrogen) atoms. The van der Waals surface area contributed by atoms with Crippen LogP contribution in [0.2, 0.25) is 0 Å². The molecule has 0 bridgehead atoms. The molecular formula is C21H18BrN5O. The van der Waals surface area contributed by atoms with Crippen LogP contribution in [-0.4, -0.2) is 32.0 Å². The average Bonchev–Trinajstić information content (AvgIpc) is 3.24. The van der Waals surface area contributed by atoms with Crippen LogP contribution in [0.3, 0.4) is 0 Å². The van der Waals surface area contributed by atoms with Crippen molar-refractivity contribution in [3.63, 3.8) is 0 Å². The summed E-state index contributed by atoms with van der Waals surface area (Å²) < 4.78 is 2.89. The number of imidazole rings is 1. The molecule has 0 aliphatic rings. The van der Waals surface area contributed by atoms with E-state index in [0.717, 1.165) is 34.0 Å². The Balaban J connectivity index is 1.60. The highest BCUT2D eigenvalue weighted by Gasteiger charge is 2.14. The molecule has 0 aliphatic heterocycles. The number of amides is 1. The first-order chi connectivity index (χ1) is 13.7. The van der Waals surface area contributed by atoms with Crippen LogP contribution < -0.4 is 5.32 Å². The lowest BCUT2D eigenvalue weighted by atomic mass is 10.1. The summed E-state index contributed by atoms with van der Waals surface area (Å²) in [7, 11) is 0. The Bertz CT molecular complexity index is 1100. The van der Waals surface area contributed by atoms with E-state index in [4.69, 9.17) is 0 Å². The predicted molar refractivity (Wildman–Crippen MR) is 112 cm³/mol. The standard InChI is InChI=1S/C21H18BrN5O/c22-15-5-6-18-16(12-15)17(13-20(26-18)19-4-1-2-7-24-19)21(28)25-8-3-10-27-11-9-23-14-27/h1-2,4-7,9,11-14H,3,8,10H2,(H,25,28). The van der Waals surface area contributed by atoms with Gasteiger partial charge in [-0.2, -0.15) is 0 Å². The Morgan fingerprint density at radius 2 is 2.04 bits per heavy atom. The molecule has 6 nitrogen and oxygen atoms in total. The number of aromatic nitrogens is 4. The highest BCUT2D eigenvalue weighted by molar-refractivity contribution is 9.10. The number of halogens is 1. The lowest BCUT2D eigenvalue weighted by Crippen LogP contribution is -2.25. The number of benzene rings is 1. The van der Waals surface area contributed by atoms with Crippen molar-refractivity contribution in [1.29, 1.82) is 0 Å². The van der Waals surface area contributed by atoms with Gasteiger partial charge in [-0.1, -0.05) is 22.0 Å². The van der Waals surface area contributed by atoms with Crippen molar-refractivity contribution in [1.82, 2.24) is 24.8 Å². The Morgan fingerprint density at radius 1 is 1.11 bits per heavy atom. The van der Waals surface area contributed by atoms with Crippen LogP contribution >= 0.6 is 15.9 Å². The molecule has 0 radical (unpaired) electrons. The van der Waals surface area contributed by atoms with E-state index in [-0.39, 0.29) is 5.91 Å². The first kappa shape index (κ1) is 18.3. The molecule has 4 aromatic rings. The molecule has 140 valence electrons. The van der Waals surface area contributed by atoms with Gasteiger partial charge in [0, 0.05) is 41.5 Å². The first-order valence-corrected chi connectivity index (χ1v) is 9.76. The van der Waals surface area contributed by atoms with Crippen molar-refractivity contribution in [2.45, 2.75) is 13.0 Å². The minimum atomic E-state index is -0.117. The van der Waals surface area contributed by atoms with Crippen LogP contribution in [0.1, 0.15) is 16.8 Å². The normalized spacial score (nSPS) is 10.9. The molecule has 1 aromatic carbocycles. The number of rotatable bonds is 6. The Morgan fingerprint density at radius 3 is 2.82 bits per heavy atom. The molecule has 0 fully saturated rings. The largest absolute Gasteiger partial charge is 0.352 e. The molecule has 3 aromatic heterocycles. The zero-order chi connectivity index (χ0) is 19.3. The number of nitrogens with zero attached hydrogens (tertiary/aromatic N) is 4. The van der Waals surface area contributed by atoms with Gasteiger partial charge in [0.2, 0.25) is 0 Å². The van der Waals surface area contributed by atoms with Crippen LogP contribution in [0, 0.1) is 0 Å². The van der Waals surface area contributed by atoms with Gasteiger partial charge in [-0.25, -0.2) is 9.97 Å². The van der Waals surface area contributed by atoms with Gasteiger partial charge in [-0.05, 0) is 42.8 Å².